The normalized spacial score (nSPS) is 10.3. The molecule has 0 fully saturated rings. The van der Waals surface area contributed by atoms with Crippen LogP contribution < -0.4 is 9.47 Å². The molecular formula is C24H24O4. The van der Waals surface area contributed by atoms with Crippen molar-refractivity contribution in [2.24, 2.45) is 0 Å². The van der Waals surface area contributed by atoms with Crippen molar-refractivity contribution in [3.05, 3.63) is 90.0 Å². The van der Waals surface area contributed by atoms with Gasteiger partial charge in [-0.1, -0.05) is 49.4 Å². The molecule has 0 aliphatic heterocycles. The van der Waals surface area contributed by atoms with Crippen LogP contribution in [0, 0.1) is 0 Å². The van der Waals surface area contributed by atoms with Crippen LogP contribution in [0.2, 0.25) is 0 Å². The molecule has 0 saturated heterocycles. The van der Waals surface area contributed by atoms with Gasteiger partial charge in [-0.25, -0.2) is 0 Å². The molecule has 28 heavy (non-hydrogen) atoms. The Labute approximate surface area is 165 Å². The Morgan fingerprint density at radius 3 is 2.29 bits per heavy atom. The summed E-state index contributed by atoms with van der Waals surface area (Å²) in [6.07, 6.45) is 1.19. The summed E-state index contributed by atoms with van der Waals surface area (Å²) in [6, 6.07) is 24.6. The average molecular weight is 376 g/mol. The summed E-state index contributed by atoms with van der Waals surface area (Å²) in [7, 11) is 0. The van der Waals surface area contributed by atoms with Gasteiger partial charge in [-0.05, 0) is 53.9 Å². The van der Waals surface area contributed by atoms with Crippen LogP contribution in [0.3, 0.4) is 0 Å². The highest BCUT2D eigenvalue weighted by Gasteiger charge is 2.07. The van der Waals surface area contributed by atoms with Crippen LogP contribution in [-0.2, 0) is 22.6 Å². The summed E-state index contributed by atoms with van der Waals surface area (Å²) in [4.78, 5) is 12.1. The van der Waals surface area contributed by atoms with Gasteiger partial charge >= 0.3 is 5.97 Å². The van der Waals surface area contributed by atoms with Gasteiger partial charge in [0.15, 0.2) is 0 Å². The molecule has 4 nitrogen and oxygen atoms in total. The SMILES string of the molecule is CCCOc1ccc(CC(=O)OCc2cccc(Oc3ccccc3)c2)cc1. The first-order valence-electron chi connectivity index (χ1n) is 9.42. The van der Waals surface area contributed by atoms with Gasteiger partial charge in [0.25, 0.3) is 0 Å². The number of carbonyl (C=O) groups excluding carboxylic acids is 1. The zero-order valence-corrected chi connectivity index (χ0v) is 16.0. The summed E-state index contributed by atoms with van der Waals surface area (Å²) >= 11 is 0. The molecule has 0 aromatic heterocycles. The topological polar surface area (TPSA) is 44.8 Å². The van der Waals surface area contributed by atoms with Crippen LogP contribution in [0.4, 0.5) is 0 Å². The van der Waals surface area contributed by atoms with E-state index in [1.807, 2.05) is 78.9 Å². The van der Waals surface area contributed by atoms with Crippen molar-refractivity contribution in [2.45, 2.75) is 26.4 Å². The van der Waals surface area contributed by atoms with Gasteiger partial charge in [0.05, 0.1) is 13.0 Å². The number of hydrogen-bond acceptors (Lipinski definition) is 4. The first kappa shape index (κ1) is 19.5. The van der Waals surface area contributed by atoms with E-state index >= 15 is 0 Å². The molecule has 0 spiro atoms. The minimum absolute atomic E-state index is 0.211. The lowest BCUT2D eigenvalue weighted by atomic mass is 10.1. The molecule has 144 valence electrons. The maximum Gasteiger partial charge on any atom is 0.310 e. The molecule has 3 aromatic rings. The predicted octanol–water partition coefficient (Wildman–Crippen LogP) is 5.55. The minimum atomic E-state index is -0.267. The van der Waals surface area contributed by atoms with Crippen LogP contribution in [-0.4, -0.2) is 12.6 Å². The van der Waals surface area contributed by atoms with E-state index in [1.165, 1.54) is 0 Å². The fraction of sp³-hybridized carbons (Fsp3) is 0.208. The fourth-order valence-electron chi connectivity index (χ4n) is 2.63. The quantitative estimate of drug-likeness (QED) is 0.459. The number of hydrogen-bond donors (Lipinski definition) is 0. The molecule has 3 aromatic carbocycles. The third kappa shape index (κ3) is 6.16. The molecule has 0 heterocycles. The van der Waals surface area contributed by atoms with Crippen LogP contribution >= 0.6 is 0 Å². The van der Waals surface area contributed by atoms with E-state index in [0.717, 1.165) is 29.0 Å². The molecule has 0 bridgehead atoms. The Balaban J connectivity index is 1.49. The molecule has 0 amide bonds. The van der Waals surface area contributed by atoms with E-state index in [0.29, 0.717) is 12.4 Å². The molecule has 3 rings (SSSR count). The van der Waals surface area contributed by atoms with Crippen molar-refractivity contribution in [2.75, 3.05) is 6.61 Å². The standard InChI is InChI=1S/C24H24O4/c1-2-15-26-21-13-11-19(12-14-21)17-24(25)27-18-20-7-6-10-23(16-20)28-22-8-4-3-5-9-22/h3-14,16H,2,15,17-18H2,1H3. The van der Waals surface area contributed by atoms with E-state index in [1.54, 1.807) is 0 Å². The zero-order valence-electron chi connectivity index (χ0n) is 16.0. The number of rotatable bonds is 9. The van der Waals surface area contributed by atoms with Crippen molar-refractivity contribution in [1.29, 1.82) is 0 Å². The second kappa shape index (κ2) is 10.2. The van der Waals surface area contributed by atoms with Crippen LogP contribution in [0.15, 0.2) is 78.9 Å². The van der Waals surface area contributed by atoms with E-state index in [-0.39, 0.29) is 19.0 Å². The maximum atomic E-state index is 12.1. The lowest BCUT2D eigenvalue weighted by Crippen LogP contribution is -2.08. The van der Waals surface area contributed by atoms with E-state index in [2.05, 4.69) is 6.92 Å². The highest BCUT2D eigenvalue weighted by molar-refractivity contribution is 5.72. The van der Waals surface area contributed by atoms with Gasteiger partial charge in [0, 0.05) is 0 Å². The number of esters is 1. The maximum absolute atomic E-state index is 12.1. The molecule has 0 N–H and O–H groups in total. The van der Waals surface area contributed by atoms with Gasteiger partial charge in [0.1, 0.15) is 23.9 Å². The molecule has 0 unspecified atom stereocenters. The van der Waals surface area contributed by atoms with Gasteiger partial charge in [-0.15, -0.1) is 0 Å². The van der Waals surface area contributed by atoms with Crippen molar-refractivity contribution in [3.8, 4) is 17.2 Å². The highest BCUT2D eigenvalue weighted by atomic mass is 16.5. The molecular weight excluding hydrogens is 352 g/mol. The van der Waals surface area contributed by atoms with Gasteiger partial charge in [-0.3, -0.25) is 4.79 Å². The molecule has 0 saturated carbocycles. The Kier molecular flexibility index (Phi) is 7.08. The highest BCUT2D eigenvalue weighted by Crippen LogP contribution is 2.22. The summed E-state index contributed by atoms with van der Waals surface area (Å²) in [5.41, 5.74) is 1.78. The predicted molar refractivity (Wildman–Crippen MR) is 109 cm³/mol. The smallest absolute Gasteiger partial charge is 0.310 e. The zero-order chi connectivity index (χ0) is 19.6. The van der Waals surface area contributed by atoms with E-state index in [9.17, 15) is 4.79 Å². The minimum Gasteiger partial charge on any atom is -0.494 e. The second-order valence-corrected chi connectivity index (χ2v) is 6.39. The lowest BCUT2D eigenvalue weighted by Gasteiger charge is -2.09. The Hall–Kier alpha value is -3.27. The lowest BCUT2D eigenvalue weighted by molar-refractivity contribution is -0.144. The summed E-state index contributed by atoms with van der Waals surface area (Å²) in [5, 5.41) is 0. The van der Waals surface area contributed by atoms with Crippen molar-refractivity contribution >= 4 is 5.97 Å². The van der Waals surface area contributed by atoms with Crippen LogP contribution in [0.5, 0.6) is 17.2 Å². The summed E-state index contributed by atoms with van der Waals surface area (Å²) < 4.78 is 16.8. The Morgan fingerprint density at radius 2 is 1.54 bits per heavy atom. The second-order valence-electron chi connectivity index (χ2n) is 6.39. The summed E-state index contributed by atoms with van der Waals surface area (Å²) in [5.74, 6) is 2.02. The van der Waals surface area contributed by atoms with Gasteiger partial charge in [0.2, 0.25) is 0 Å². The van der Waals surface area contributed by atoms with Gasteiger partial charge < -0.3 is 14.2 Å². The number of benzene rings is 3. The molecule has 0 atom stereocenters. The monoisotopic (exact) mass is 376 g/mol. The van der Waals surface area contributed by atoms with Gasteiger partial charge in [-0.2, -0.15) is 0 Å². The average Bonchev–Trinajstić information content (AvgIpc) is 2.73. The largest absolute Gasteiger partial charge is 0.494 e. The number of carbonyl (C=O) groups is 1. The fourth-order valence-corrected chi connectivity index (χ4v) is 2.63. The molecule has 4 heteroatoms. The van der Waals surface area contributed by atoms with Crippen molar-refractivity contribution in [3.63, 3.8) is 0 Å². The first-order valence-corrected chi connectivity index (χ1v) is 9.42. The number of ether oxygens (including phenoxy) is 3. The summed E-state index contributed by atoms with van der Waals surface area (Å²) in [6.45, 7) is 2.96. The van der Waals surface area contributed by atoms with Crippen molar-refractivity contribution in [1.82, 2.24) is 0 Å². The molecule has 0 radical (unpaired) electrons. The van der Waals surface area contributed by atoms with E-state index < -0.39 is 0 Å². The Bertz CT molecular complexity index is 873. The third-order valence-corrected chi connectivity index (χ3v) is 4.02. The van der Waals surface area contributed by atoms with Crippen LogP contribution in [0.25, 0.3) is 0 Å². The number of para-hydroxylation sites is 1. The Morgan fingerprint density at radius 1 is 0.786 bits per heavy atom. The third-order valence-electron chi connectivity index (χ3n) is 4.02. The van der Waals surface area contributed by atoms with E-state index in [4.69, 9.17) is 14.2 Å². The first-order chi connectivity index (χ1) is 13.7. The molecule has 0 aliphatic rings. The van der Waals surface area contributed by atoms with Crippen LogP contribution in [0.1, 0.15) is 24.5 Å². The van der Waals surface area contributed by atoms with Crippen molar-refractivity contribution < 1.29 is 19.0 Å². The molecule has 0 aliphatic carbocycles.